The predicted octanol–water partition coefficient (Wildman–Crippen LogP) is 14.9. The number of anilines is 6. The van der Waals surface area contributed by atoms with Crippen LogP contribution in [0.2, 0.25) is 69.1 Å². The van der Waals surface area contributed by atoms with Crippen LogP contribution < -0.4 is 27.4 Å². The van der Waals surface area contributed by atoms with Gasteiger partial charge >= 0.3 is 384 Å². The van der Waals surface area contributed by atoms with Gasteiger partial charge in [0.15, 0.2) is 0 Å². The van der Waals surface area contributed by atoms with E-state index in [9.17, 15) is 0 Å². The van der Waals surface area contributed by atoms with Crippen LogP contribution in [0.25, 0.3) is 43.1 Å². The maximum atomic E-state index is 2.50. The van der Waals surface area contributed by atoms with Crippen LogP contribution in [0.3, 0.4) is 0 Å². The van der Waals surface area contributed by atoms with Gasteiger partial charge in [-0.05, 0) is 0 Å². The van der Waals surface area contributed by atoms with Crippen LogP contribution >= 0.6 is 0 Å². The summed E-state index contributed by atoms with van der Waals surface area (Å²) in [7, 11) is 0. The zero-order valence-electron chi connectivity index (χ0n) is 38.9. The monoisotopic (exact) mass is 1060 g/mol. The fourth-order valence-corrected chi connectivity index (χ4v) is 19.2. The number of hydrogen-bond acceptors (Lipinski definition) is 2. The van der Waals surface area contributed by atoms with Gasteiger partial charge in [-0.25, -0.2) is 0 Å². The molecule has 0 fully saturated rings. The van der Waals surface area contributed by atoms with E-state index in [4.69, 9.17) is 0 Å². The van der Waals surface area contributed by atoms with Crippen LogP contribution in [0.5, 0.6) is 0 Å². The van der Waals surface area contributed by atoms with Crippen molar-refractivity contribution in [2.75, 3.05) is 9.80 Å². The molecule has 9 aromatic carbocycles. The molecule has 6 heteroatoms. The Morgan fingerprint density at radius 3 is 0.710 bits per heavy atom. The zero-order valence-corrected chi connectivity index (χ0v) is 47.3. The van der Waals surface area contributed by atoms with Crippen LogP contribution in [0.4, 0.5) is 34.1 Å². The second-order valence-electron chi connectivity index (χ2n) is 21.6. The van der Waals surface area contributed by atoms with Gasteiger partial charge in [0.1, 0.15) is 0 Å². The molecule has 0 atom stereocenters. The molecule has 0 amide bonds. The van der Waals surface area contributed by atoms with Gasteiger partial charge in [-0.1, -0.05) is 0 Å². The van der Waals surface area contributed by atoms with E-state index in [1.807, 2.05) is 0 Å². The summed E-state index contributed by atoms with van der Waals surface area (Å²) >= 11 is -8.05. The first-order valence-electron chi connectivity index (χ1n) is 22.4. The van der Waals surface area contributed by atoms with Gasteiger partial charge in [-0.15, -0.1) is 0 Å². The molecule has 0 heterocycles. The van der Waals surface area contributed by atoms with Gasteiger partial charge in [0.25, 0.3) is 0 Å². The molecule has 0 aliphatic carbocycles. The summed E-state index contributed by atoms with van der Waals surface area (Å²) in [6, 6.07) is 61.6. The second-order valence-corrected chi connectivity index (χ2v) is 64.2. The fraction of sp³-hybridized carbons (Fsp3) is 0.214. The molecular formula is C56H62Ge4N2. The van der Waals surface area contributed by atoms with Crippen molar-refractivity contribution < 1.29 is 0 Å². The van der Waals surface area contributed by atoms with Gasteiger partial charge in [-0.3, -0.25) is 0 Å². The zero-order chi connectivity index (χ0) is 43.9. The topological polar surface area (TPSA) is 6.48 Å². The third kappa shape index (κ3) is 7.96. The number of fused-ring (bicyclic) bond motifs is 2. The summed E-state index contributed by atoms with van der Waals surface area (Å²) in [5.41, 5.74) is 7.23. The molecule has 62 heavy (non-hydrogen) atoms. The van der Waals surface area contributed by atoms with Crippen molar-refractivity contribution in [1.29, 1.82) is 0 Å². The van der Waals surface area contributed by atoms with E-state index in [0.717, 1.165) is 0 Å². The summed E-state index contributed by atoms with van der Waals surface area (Å²) < 4.78 is 6.10. The van der Waals surface area contributed by atoms with E-state index in [-0.39, 0.29) is 0 Å². The summed E-state index contributed by atoms with van der Waals surface area (Å²) in [6.45, 7) is 0. The molecule has 9 rings (SSSR count). The van der Waals surface area contributed by atoms with E-state index in [1.165, 1.54) is 94.8 Å². The standard InChI is InChI=1S/C56H62Ge4N2/c1-57(2,3)39-19-27-43(28-20-39)61(44-29-21-40(22-30-44)58(4,5)6)53-37-35-49-48-16-14-18-52-54(38-36-50(56(48)52)47-15-13-17-51(53)55(47)49)62(45-31-23-41(24-32-45)59(7,8)9)46-33-25-42(26-34-46)60(10,11)12/h13-38H,1-12H3. The molecule has 9 aromatic rings. The number of benzene rings is 9. The average Bonchev–Trinajstić information content (AvgIpc) is 3.23. The van der Waals surface area contributed by atoms with Gasteiger partial charge < -0.3 is 0 Å². The van der Waals surface area contributed by atoms with Crippen molar-refractivity contribution in [2.45, 2.75) is 69.1 Å². The first-order valence-corrected chi connectivity index (χ1v) is 51.8. The Morgan fingerprint density at radius 1 is 0.242 bits per heavy atom. The van der Waals surface area contributed by atoms with Crippen molar-refractivity contribution in [1.82, 2.24) is 0 Å². The summed E-state index contributed by atoms with van der Waals surface area (Å²) in [5, 5.41) is 10.4. The number of nitrogens with zero attached hydrogens (tertiary/aromatic N) is 2. The summed E-state index contributed by atoms with van der Waals surface area (Å²) in [4.78, 5) is 5.00. The van der Waals surface area contributed by atoms with Crippen molar-refractivity contribution in [3.63, 3.8) is 0 Å². The third-order valence-electron chi connectivity index (χ3n) is 13.1. The van der Waals surface area contributed by atoms with Crippen molar-refractivity contribution >= 4 is 148 Å². The van der Waals surface area contributed by atoms with E-state index in [2.05, 4.69) is 237 Å². The second kappa shape index (κ2) is 15.9. The van der Waals surface area contributed by atoms with Gasteiger partial charge in [0.2, 0.25) is 0 Å². The molecule has 0 saturated carbocycles. The molecule has 0 bridgehead atoms. The van der Waals surface area contributed by atoms with E-state index in [1.54, 1.807) is 0 Å². The molecule has 0 aliphatic heterocycles. The quantitative estimate of drug-likeness (QED) is 0.0765. The minimum atomic E-state index is -2.01. The number of rotatable bonds is 10. The third-order valence-corrected chi connectivity index (χ3v) is 30.4. The summed E-state index contributed by atoms with van der Waals surface area (Å²) in [6.07, 6.45) is 0. The maximum absolute atomic E-state index is 2.50. The molecule has 0 aromatic heterocycles. The molecule has 0 N–H and O–H groups in total. The molecule has 0 spiro atoms. The molecule has 0 aliphatic rings. The molecule has 0 unspecified atom stereocenters. The van der Waals surface area contributed by atoms with Crippen molar-refractivity contribution in [3.8, 4) is 0 Å². The van der Waals surface area contributed by atoms with Crippen LogP contribution in [-0.4, -0.2) is 53.1 Å². The minimum absolute atomic E-state index is 1.20. The Kier molecular flexibility index (Phi) is 11.1. The van der Waals surface area contributed by atoms with Crippen molar-refractivity contribution in [2.24, 2.45) is 0 Å². The Bertz CT molecular complexity index is 2720. The first-order chi connectivity index (χ1) is 29.3. The molecular weight excluding hydrogens is 991 g/mol. The normalized spacial score (nSPS) is 12.8. The first kappa shape index (κ1) is 43.3. The predicted molar refractivity (Wildman–Crippen MR) is 289 cm³/mol. The van der Waals surface area contributed by atoms with Gasteiger partial charge in [0, 0.05) is 0 Å². The Labute approximate surface area is 381 Å². The molecule has 2 nitrogen and oxygen atoms in total. The van der Waals surface area contributed by atoms with E-state index in [0.29, 0.717) is 0 Å². The van der Waals surface area contributed by atoms with Crippen LogP contribution in [0, 0.1) is 0 Å². The fourth-order valence-electron chi connectivity index (χ4n) is 9.37. The molecule has 0 saturated heterocycles. The van der Waals surface area contributed by atoms with Crippen LogP contribution in [-0.2, 0) is 0 Å². The SMILES string of the molecule is [CH3][Ge]([CH3])([CH3])[c]1ccc(N(c2cc[c]([Ge]([CH3])([CH3])[CH3])cc2)c2ccc3c4cccc5c(N(c6cc[c]([Ge]([CH3])([CH3])[CH3])cc6)c6cc[c]([Ge]([CH3])([CH3])[CH3])cc6)ccc(c6cccc2c63)c54)cc1. The van der Waals surface area contributed by atoms with Crippen molar-refractivity contribution in [3.05, 3.63) is 158 Å². The number of hydrogen-bond donors (Lipinski definition) is 0. The van der Waals surface area contributed by atoms with E-state index >= 15 is 0 Å². The Hall–Kier alpha value is -3.95. The Morgan fingerprint density at radius 2 is 0.468 bits per heavy atom. The van der Waals surface area contributed by atoms with Crippen LogP contribution in [0.1, 0.15) is 0 Å². The van der Waals surface area contributed by atoms with Gasteiger partial charge in [0.05, 0.1) is 0 Å². The Balaban J connectivity index is 1.26. The van der Waals surface area contributed by atoms with Gasteiger partial charge in [-0.2, -0.15) is 0 Å². The average molecular weight is 1050 g/mol. The molecule has 312 valence electrons. The van der Waals surface area contributed by atoms with Crippen LogP contribution in [0.15, 0.2) is 158 Å². The summed E-state index contributed by atoms with van der Waals surface area (Å²) in [5.74, 6) is 29.7. The van der Waals surface area contributed by atoms with E-state index < -0.39 is 53.1 Å². The molecule has 0 radical (unpaired) electrons.